The summed E-state index contributed by atoms with van der Waals surface area (Å²) >= 11 is 6.32. The second kappa shape index (κ2) is 6.02. The molecule has 3 fully saturated rings. The number of alkyl halides is 1. The van der Waals surface area contributed by atoms with E-state index in [1.807, 2.05) is 6.07 Å². The van der Waals surface area contributed by atoms with Crippen LogP contribution in [0.25, 0.3) is 0 Å². The highest BCUT2D eigenvalue weighted by Gasteiger charge is 2.48. The zero-order valence-electron chi connectivity index (χ0n) is 12.2. The third kappa shape index (κ3) is 2.73. The maximum absolute atomic E-state index is 6.32. The second-order valence-electron chi connectivity index (χ2n) is 6.15. The molecule has 0 N–H and O–H groups in total. The lowest BCUT2D eigenvalue weighted by Crippen LogP contribution is -2.74. The average Bonchev–Trinajstić information content (AvgIpc) is 2.54. The molecule has 0 radical (unpaired) electrons. The van der Waals surface area contributed by atoms with Gasteiger partial charge in [-0.1, -0.05) is 41.9 Å². The summed E-state index contributed by atoms with van der Waals surface area (Å²) in [5, 5.41) is 0. The van der Waals surface area contributed by atoms with Crippen molar-refractivity contribution in [2.24, 2.45) is 0 Å². The van der Waals surface area contributed by atoms with Gasteiger partial charge in [-0.25, -0.2) is 0 Å². The predicted molar refractivity (Wildman–Crippen MR) is 81.6 cm³/mol. The number of rotatable bonds is 5. The lowest BCUT2D eigenvalue weighted by Gasteiger charge is -2.55. The quantitative estimate of drug-likeness (QED) is 0.469. The van der Waals surface area contributed by atoms with Crippen LogP contribution in [-0.2, 0) is 11.3 Å². The molecule has 3 saturated heterocycles. The maximum atomic E-state index is 6.32. The predicted octanol–water partition coefficient (Wildman–Crippen LogP) is 2.30. The molecule has 4 heteroatoms. The molecule has 4 rings (SSSR count). The van der Waals surface area contributed by atoms with Gasteiger partial charge in [-0.2, -0.15) is 0 Å². The van der Waals surface area contributed by atoms with Crippen LogP contribution >= 0.6 is 11.6 Å². The molecule has 2 atom stereocenters. The lowest BCUT2D eigenvalue weighted by molar-refractivity contribution is -0.957. The molecule has 0 unspecified atom stereocenters. The molecule has 0 aliphatic carbocycles. The lowest BCUT2D eigenvalue weighted by atomic mass is 9.99. The monoisotopic (exact) mass is 295 g/mol. The van der Waals surface area contributed by atoms with E-state index in [0.29, 0.717) is 12.6 Å². The van der Waals surface area contributed by atoms with Crippen molar-refractivity contribution in [3.63, 3.8) is 0 Å². The van der Waals surface area contributed by atoms with Crippen molar-refractivity contribution in [1.29, 1.82) is 0 Å². The normalized spacial score (nSPS) is 34.1. The first-order chi connectivity index (χ1) is 9.73. The zero-order valence-corrected chi connectivity index (χ0v) is 12.9. The van der Waals surface area contributed by atoms with Crippen molar-refractivity contribution >= 4 is 11.6 Å². The van der Waals surface area contributed by atoms with Crippen LogP contribution in [0.4, 0.5) is 0 Å². The van der Waals surface area contributed by atoms with E-state index in [0.717, 1.165) is 17.0 Å². The Bertz CT molecular complexity index is 431. The number of ether oxygens (including phenoxy) is 1. The minimum absolute atomic E-state index is 0.247. The molecule has 0 aromatic heterocycles. The number of quaternary nitrogens is 1. The Labute approximate surface area is 126 Å². The Morgan fingerprint density at radius 1 is 1.30 bits per heavy atom. The number of halogens is 1. The highest BCUT2D eigenvalue weighted by atomic mass is 35.5. The number of piperazine rings is 3. The highest BCUT2D eigenvalue weighted by molar-refractivity contribution is 6.17. The van der Waals surface area contributed by atoms with Crippen molar-refractivity contribution in [3.8, 4) is 0 Å². The Balaban J connectivity index is 1.63. The van der Waals surface area contributed by atoms with E-state index in [2.05, 4.69) is 36.1 Å². The van der Waals surface area contributed by atoms with Gasteiger partial charge in [0.15, 0.2) is 6.00 Å². The van der Waals surface area contributed by atoms with Gasteiger partial charge in [0, 0.05) is 13.1 Å². The fraction of sp³-hybridized carbons (Fsp3) is 0.625. The van der Waals surface area contributed by atoms with E-state index < -0.39 is 0 Å². The Kier molecular flexibility index (Phi) is 4.32. The fourth-order valence-electron chi connectivity index (χ4n) is 3.57. The number of hydrogen-bond acceptors (Lipinski definition) is 2. The highest BCUT2D eigenvalue weighted by Crippen LogP contribution is 2.29. The van der Waals surface area contributed by atoms with Crippen molar-refractivity contribution in [2.75, 3.05) is 38.7 Å². The smallest absolute Gasteiger partial charge is 0.155 e. The Morgan fingerprint density at radius 3 is 2.65 bits per heavy atom. The van der Waals surface area contributed by atoms with Crippen molar-refractivity contribution in [1.82, 2.24) is 4.90 Å². The van der Waals surface area contributed by atoms with Gasteiger partial charge < -0.3 is 9.22 Å². The molecule has 0 spiro atoms. The van der Waals surface area contributed by atoms with Gasteiger partial charge in [0.2, 0.25) is 0 Å². The molecular weight excluding hydrogens is 272 g/mol. The number of nitrogens with zero attached hydrogens (tertiary/aromatic N) is 2. The summed E-state index contributed by atoms with van der Waals surface area (Å²) in [6, 6.07) is 11.6. The van der Waals surface area contributed by atoms with Crippen LogP contribution in [0, 0.1) is 0 Å². The molecule has 20 heavy (non-hydrogen) atoms. The standard InChI is InChI=1S/C16H24ClN2O/c1-14(20-12-15-5-3-2-4-6-15)16-11-18-7-9-19(16,13-17)10-8-18/h2-6,14,16H,7-13H2,1H3/q+1/t14-,16+/m1/s1. The summed E-state index contributed by atoms with van der Waals surface area (Å²) < 4.78 is 7.18. The van der Waals surface area contributed by atoms with Gasteiger partial charge in [-0.05, 0) is 12.5 Å². The van der Waals surface area contributed by atoms with Gasteiger partial charge >= 0.3 is 0 Å². The molecular formula is C16H24ClN2O+. The number of benzene rings is 1. The summed E-state index contributed by atoms with van der Waals surface area (Å²) in [5.41, 5.74) is 1.24. The minimum atomic E-state index is 0.247. The van der Waals surface area contributed by atoms with Crippen LogP contribution in [0.15, 0.2) is 30.3 Å². The van der Waals surface area contributed by atoms with Gasteiger partial charge in [0.1, 0.15) is 12.1 Å². The first-order valence-electron chi connectivity index (χ1n) is 7.53. The SMILES string of the molecule is C[C@@H](OCc1ccccc1)[C@@H]1CN2CC[N+]1(CCl)CC2. The number of hydrogen-bond donors (Lipinski definition) is 0. The summed E-state index contributed by atoms with van der Waals surface area (Å²) in [6.45, 7) is 8.76. The maximum Gasteiger partial charge on any atom is 0.155 e. The van der Waals surface area contributed by atoms with E-state index >= 15 is 0 Å². The summed E-state index contributed by atoms with van der Waals surface area (Å²) in [7, 11) is 0. The summed E-state index contributed by atoms with van der Waals surface area (Å²) in [5.74, 6) is 0. The first-order valence-corrected chi connectivity index (χ1v) is 8.06. The molecule has 1 aromatic carbocycles. The van der Waals surface area contributed by atoms with E-state index in [1.54, 1.807) is 0 Å². The third-order valence-electron chi connectivity index (χ3n) is 5.01. The van der Waals surface area contributed by atoms with Crippen molar-refractivity contribution in [3.05, 3.63) is 35.9 Å². The first kappa shape index (κ1) is 14.3. The van der Waals surface area contributed by atoms with Gasteiger partial charge in [0.25, 0.3) is 0 Å². The van der Waals surface area contributed by atoms with Crippen molar-refractivity contribution in [2.45, 2.75) is 25.7 Å². The van der Waals surface area contributed by atoms with Gasteiger partial charge in [-0.3, -0.25) is 4.90 Å². The van der Waals surface area contributed by atoms with Crippen LogP contribution in [0.1, 0.15) is 12.5 Å². The van der Waals surface area contributed by atoms with Crippen LogP contribution in [-0.4, -0.2) is 60.3 Å². The largest absolute Gasteiger partial charge is 0.368 e. The van der Waals surface area contributed by atoms with Crippen LogP contribution in [0.2, 0.25) is 0 Å². The summed E-state index contributed by atoms with van der Waals surface area (Å²) in [4.78, 5) is 2.56. The van der Waals surface area contributed by atoms with Crippen LogP contribution in [0.3, 0.4) is 0 Å². The fourth-order valence-corrected chi connectivity index (χ4v) is 3.99. The molecule has 3 aliphatic heterocycles. The van der Waals surface area contributed by atoms with Gasteiger partial charge in [0.05, 0.1) is 26.2 Å². The molecule has 1 aromatic rings. The molecule has 3 aliphatic rings. The topological polar surface area (TPSA) is 12.5 Å². The van der Waals surface area contributed by atoms with E-state index in [4.69, 9.17) is 16.3 Å². The molecule has 110 valence electrons. The number of fused-ring (bicyclic) bond motifs is 3. The average molecular weight is 296 g/mol. The molecule has 0 saturated carbocycles. The minimum Gasteiger partial charge on any atom is -0.368 e. The molecule has 0 amide bonds. The third-order valence-corrected chi connectivity index (χ3v) is 5.48. The Hall–Kier alpha value is -0.610. The van der Waals surface area contributed by atoms with E-state index in [9.17, 15) is 0 Å². The van der Waals surface area contributed by atoms with Crippen LogP contribution < -0.4 is 0 Å². The zero-order chi connectivity index (χ0) is 14.0. The van der Waals surface area contributed by atoms with Crippen molar-refractivity contribution < 1.29 is 9.22 Å². The molecule has 3 heterocycles. The summed E-state index contributed by atoms with van der Waals surface area (Å²) in [6.07, 6.45) is 0.247. The van der Waals surface area contributed by atoms with E-state index in [-0.39, 0.29) is 6.10 Å². The second-order valence-corrected chi connectivity index (χ2v) is 6.39. The van der Waals surface area contributed by atoms with E-state index in [1.165, 1.54) is 31.7 Å². The van der Waals surface area contributed by atoms with Gasteiger partial charge in [-0.15, -0.1) is 0 Å². The molecule has 3 nitrogen and oxygen atoms in total. The Morgan fingerprint density at radius 2 is 2.00 bits per heavy atom. The molecule has 2 bridgehead atoms. The van der Waals surface area contributed by atoms with Crippen LogP contribution in [0.5, 0.6) is 0 Å².